The number of imidazole rings is 1. The third-order valence-electron chi connectivity index (χ3n) is 2.98. The minimum Gasteiger partial charge on any atom is -0.377 e. The minimum absolute atomic E-state index is 0.711. The van der Waals surface area contributed by atoms with Gasteiger partial charge in [0.05, 0.1) is 6.20 Å². The lowest BCUT2D eigenvalue weighted by Crippen LogP contribution is -2.10. The standard InChI is InChI=1S/C14H15N5S/c1-19(2)12-6-4-3-5-10(12)8-20-14-17-11-7-15-9-16-13(11)18-14/h3-7,9H,8H2,1-2H3,(H,15,16,17,18). The van der Waals surface area contributed by atoms with Gasteiger partial charge in [0.15, 0.2) is 10.8 Å². The first-order valence-corrected chi connectivity index (χ1v) is 7.26. The van der Waals surface area contributed by atoms with Crippen molar-refractivity contribution in [2.24, 2.45) is 0 Å². The van der Waals surface area contributed by atoms with Crippen molar-refractivity contribution in [1.29, 1.82) is 0 Å². The molecule has 6 heteroatoms. The van der Waals surface area contributed by atoms with Crippen LogP contribution < -0.4 is 4.90 Å². The average molecular weight is 285 g/mol. The van der Waals surface area contributed by atoms with Crippen LogP contribution in [-0.4, -0.2) is 34.0 Å². The van der Waals surface area contributed by atoms with Gasteiger partial charge in [0.2, 0.25) is 0 Å². The van der Waals surface area contributed by atoms with Crippen molar-refractivity contribution in [1.82, 2.24) is 19.9 Å². The molecule has 0 radical (unpaired) electrons. The number of nitrogens with one attached hydrogen (secondary N) is 1. The van der Waals surface area contributed by atoms with E-state index in [-0.39, 0.29) is 0 Å². The quantitative estimate of drug-likeness (QED) is 0.747. The molecule has 20 heavy (non-hydrogen) atoms. The zero-order valence-electron chi connectivity index (χ0n) is 11.4. The summed E-state index contributed by atoms with van der Waals surface area (Å²) in [5.74, 6) is 0.863. The molecule has 0 bridgehead atoms. The van der Waals surface area contributed by atoms with E-state index >= 15 is 0 Å². The number of hydrogen-bond acceptors (Lipinski definition) is 5. The monoisotopic (exact) mass is 285 g/mol. The summed E-state index contributed by atoms with van der Waals surface area (Å²) in [6, 6.07) is 8.39. The Labute approximate surface area is 121 Å². The third kappa shape index (κ3) is 2.60. The summed E-state index contributed by atoms with van der Waals surface area (Å²) in [6.07, 6.45) is 3.26. The molecule has 3 aromatic rings. The van der Waals surface area contributed by atoms with Crippen LogP contribution in [0.2, 0.25) is 0 Å². The highest BCUT2D eigenvalue weighted by molar-refractivity contribution is 7.98. The molecule has 1 aromatic carbocycles. The van der Waals surface area contributed by atoms with E-state index in [0.717, 1.165) is 16.4 Å². The van der Waals surface area contributed by atoms with Crippen LogP contribution in [0.3, 0.4) is 0 Å². The van der Waals surface area contributed by atoms with E-state index < -0.39 is 0 Å². The zero-order valence-corrected chi connectivity index (χ0v) is 12.2. The van der Waals surface area contributed by atoms with E-state index in [4.69, 9.17) is 0 Å². The first-order chi connectivity index (χ1) is 9.74. The normalized spacial score (nSPS) is 10.9. The van der Waals surface area contributed by atoms with Crippen molar-refractivity contribution in [3.8, 4) is 0 Å². The molecule has 0 fully saturated rings. The van der Waals surface area contributed by atoms with Gasteiger partial charge in [-0.1, -0.05) is 30.0 Å². The van der Waals surface area contributed by atoms with Crippen LogP contribution in [0.1, 0.15) is 5.56 Å². The summed E-state index contributed by atoms with van der Waals surface area (Å²) >= 11 is 1.67. The fourth-order valence-corrected chi connectivity index (χ4v) is 2.89. The number of fused-ring (bicyclic) bond motifs is 1. The topological polar surface area (TPSA) is 57.7 Å². The van der Waals surface area contributed by atoms with E-state index in [1.807, 2.05) is 0 Å². The van der Waals surface area contributed by atoms with Crippen molar-refractivity contribution in [2.45, 2.75) is 10.9 Å². The maximum absolute atomic E-state index is 4.44. The SMILES string of the molecule is CN(C)c1ccccc1CSc1nc2ncncc2[nH]1. The van der Waals surface area contributed by atoms with Crippen LogP contribution in [0.5, 0.6) is 0 Å². The molecule has 0 amide bonds. The molecular weight excluding hydrogens is 270 g/mol. The van der Waals surface area contributed by atoms with Crippen LogP contribution in [0.4, 0.5) is 5.69 Å². The summed E-state index contributed by atoms with van der Waals surface area (Å²) in [5, 5.41) is 0.869. The van der Waals surface area contributed by atoms with Gasteiger partial charge in [0.1, 0.15) is 11.8 Å². The Hall–Kier alpha value is -2.08. The van der Waals surface area contributed by atoms with Crippen molar-refractivity contribution in [2.75, 3.05) is 19.0 Å². The highest BCUT2D eigenvalue weighted by Crippen LogP contribution is 2.27. The van der Waals surface area contributed by atoms with Gasteiger partial charge < -0.3 is 9.88 Å². The van der Waals surface area contributed by atoms with Crippen molar-refractivity contribution in [3.05, 3.63) is 42.4 Å². The average Bonchev–Trinajstić information content (AvgIpc) is 2.88. The summed E-state index contributed by atoms with van der Waals surface area (Å²) < 4.78 is 0. The number of thioether (sulfide) groups is 1. The second kappa shape index (κ2) is 5.50. The maximum Gasteiger partial charge on any atom is 0.181 e. The van der Waals surface area contributed by atoms with E-state index in [1.54, 1.807) is 18.0 Å². The predicted molar refractivity (Wildman–Crippen MR) is 82.0 cm³/mol. The number of aromatic amines is 1. The molecule has 5 nitrogen and oxygen atoms in total. The Morgan fingerprint density at radius 1 is 1.25 bits per heavy atom. The number of H-pyrrole nitrogens is 1. The van der Waals surface area contributed by atoms with Gasteiger partial charge in [-0.05, 0) is 11.6 Å². The van der Waals surface area contributed by atoms with Crippen molar-refractivity contribution >= 4 is 28.6 Å². The molecule has 0 aliphatic rings. The van der Waals surface area contributed by atoms with E-state index in [2.05, 4.69) is 63.2 Å². The Kier molecular flexibility index (Phi) is 3.56. The fourth-order valence-electron chi connectivity index (χ4n) is 2.02. The molecule has 0 aliphatic carbocycles. The van der Waals surface area contributed by atoms with Crippen LogP contribution >= 0.6 is 11.8 Å². The number of aromatic nitrogens is 4. The molecular formula is C14H15N5S. The van der Waals surface area contributed by atoms with Crippen LogP contribution in [0.15, 0.2) is 41.9 Å². The minimum atomic E-state index is 0.711. The lowest BCUT2D eigenvalue weighted by atomic mass is 10.2. The Balaban J connectivity index is 1.79. The van der Waals surface area contributed by atoms with Gasteiger partial charge in [-0.15, -0.1) is 0 Å². The third-order valence-corrected chi connectivity index (χ3v) is 3.90. The number of anilines is 1. The number of para-hydroxylation sites is 1. The number of rotatable bonds is 4. The molecule has 0 unspecified atom stereocenters. The van der Waals surface area contributed by atoms with Crippen molar-refractivity contribution in [3.63, 3.8) is 0 Å². The van der Waals surface area contributed by atoms with Gasteiger partial charge in [-0.3, -0.25) is 0 Å². The second-order valence-electron chi connectivity index (χ2n) is 4.61. The summed E-state index contributed by atoms with van der Waals surface area (Å²) in [7, 11) is 4.11. The molecule has 102 valence electrons. The number of hydrogen-bond donors (Lipinski definition) is 1. The molecule has 0 aliphatic heterocycles. The first kappa shape index (κ1) is 12.9. The molecule has 0 spiro atoms. The van der Waals surface area contributed by atoms with E-state index in [1.165, 1.54) is 17.6 Å². The number of benzene rings is 1. The largest absolute Gasteiger partial charge is 0.377 e. The maximum atomic E-state index is 4.44. The van der Waals surface area contributed by atoms with Gasteiger partial charge >= 0.3 is 0 Å². The smallest absolute Gasteiger partial charge is 0.181 e. The molecule has 3 rings (SSSR count). The fraction of sp³-hybridized carbons (Fsp3) is 0.214. The molecule has 2 aromatic heterocycles. The Bertz CT molecular complexity index is 689. The van der Waals surface area contributed by atoms with Crippen molar-refractivity contribution < 1.29 is 0 Å². The highest BCUT2D eigenvalue weighted by Gasteiger charge is 2.07. The lowest BCUT2D eigenvalue weighted by Gasteiger charge is -2.16. The molecule has 0 saturated carbocycles. The molecule has 1 N–H and O–H groups in total. The molecule has 0 atom stereocenters. The predicted octanol–water partition coefficient (Wildman–Crippen LogP) is 2.71. The van der Waals surface area contributed by atoms with Crippen LogP contribution in [0, 0.1) is 0 Å². The Morgan fingerprint density at radius 3 is 2.90 bits per heavy atom. The molecule has 2 heterocycles. The van der Waals surface area contributed by atoms with Gasteiger partial charge in [0.25, 0.3) is 0 Å². The second-order valence-corrected chi connectivity index (χ2v) is 5.58. The summed E-state index contributed by atoms with van der Waals surface area (Å²) in [4.78, 5) is 17.9. The van der Waals surface area contributed by atoms with Crippen LogP contribution in [0.25, 0.3) is 11.2 Å². The zero-order chi connectivity index (χ0) is 13.9. The van der Waals surface area contributed by atoms with Crippen LogP contribution in [-0.2, 0) is 5.75 Å². The Morgan fingerprint density at radius 2 is 2.10 bits per heavy atom. The van der Waals surface area contributed by atoms with Gasteiger partial charge in [-0.2, -0.15) is 0 Å². The van der Waals surface area contributed by atoms with Gasteiger partial charge in [0, 0.05) is 25.5 Å². The van der Waals surface area contributed by atoms with E-state index in [0.29, 0.717) is 5.65 Å². The van der Waals surface area contributed by atoms with Gasteiger partial charge in [-0.25, -0.2) is 15.0 Å². The van der Waals surface area contributed by atoms with E-state index in [9.17, 15) is 0 Å². The number of nitrogens with zero attached hydrogens (tertiary/aromatic N) is 4. The summed E-state index contributed by atoms with van der Waals surface area (Å²) in [5.41, 5.74) is 4.10. The highest BCUT2D eigenvalue weighted by atomic mass is 32.2. The summed E-state index contributed by atoms with van der Waals surface area (Å²) in [6.45, 7) is 0. The lowest BCUT2D eigenvalue weighted by molar-refractivity contribution is 1.07. The first-order valence-electron chi connectivity index (χ1n) is 6.28. The molecule has 0 saturated heterocycles.